The number of nitrogens with zero attached hydrogens (tertiary/aromatic N) is 1. The predicted octanol–water partition coefficient (Wildman–Crippen LogP) is 4.10. The molecule has 0 radical (unpaired) electrons. The number of aryl methyl sites for hydroxylation is 3. The van der Waals surface area contributed by atoms with Crippen LogP contribution in [0, 0.1) is 20.8 Å². The zero-order chi connectivity index (χ0) is 14.5. The van der Waals surface area contributed by atoms with Crippen LogP contribution in [0.5, 0.6) is 0 Å². The third-order valence-electron chi connectivity index (χ3n) is 3.53. The van der Waals surface area contributed by atoms with E-state index < -0.39 is 0 Å². The lowest BCUT2D eigenvalue weighted by Crippen LogP contribution is -2.24. The van der Waals surface area contributed by atoms with Crippen LogP contribution in [0.15, 0.2) is 36.5 Å². The van der Waals surface area contributed by atoms with Crippen LogP contribution in [0.25, 0.3) is 0 Å². The molecular formula is C18H24N2. The molecule has 1 atom stereocenters. The summed E-state index contributed by atoms with van der Waals surface area (Å²) in [6.07, 6.45) is 2.98. The Labute approximate surface area is 122 Å². The van der Waals surface area contributed by atoms with Crippen LogP contribution in [0.1, 0.15) is 47.3 Å². The molecule has 0 saturated carbocycles. The van der Waals surface area contributed by atoms with Crippen LogP contribution in [0.4, 0.5) is 0 Å². The van der Waals surface area contributed by atoms with Gasteiger partial charge in [-0.05, 0) is 50.9 Å². The van der Waals surface area contributed by atoms with Crippen molar-refractivity contribution in [1.29, 1.82) is 0 Å². The number of pyridine rings is 1. The summed E-state index contributed by atoms with van der Waals surface area (Å²) in [6.45, 7) is 9.60. The van der Waals surface area contributed by atoms with E-state index in [1.807, 2.05) is 12.3 Å². The minimum absolute atomic E-state index is 0.224. The van der Waals surface area contributed by atoms with Gasteiger partial charge in [0.1, 0.15) is 0 Å². The first-order valence-corrected chi connectivity index (χ1v) is 7.35. The highest BCUT2D eigenvalue weighted by atomic mass is 14.9. The summed E-state index contributed by atoms with van der Waals surface area (Å²) in [5, 5.41) is 3.66. The first-order valence-electron chi connectivity index (χ1n) is 7.35. The molecule has 0 aliphatic heterocycles. The molecule has 1 aromatic heterocycles. The lowest BCUT2D eigenvalue weighted by atomic mass is 9.94. The molecule has 2 rings (SSSR count). The molecule has 0 aliphatic carbocycles. The summed E-state index contributed by atoms with van der Waals surface area (Å²) < 4.78 is 0. The SMILES string of the molecule is CCCNC(c1cc(C)cc(C)c1)c1cccnc1C. The summed E-state index contributed by atoms with van der Waals surface area (Å²) >= 11 is 0. The van der Waals surface area contributed by atoms with E-state index in [0.717, 1.165) is 18.7 Å². The molecule has 2 heteroatoms. The Balaban J connectivity index is 2.44. The molecule has 1 aromatic carbocycles. The first kappa shape index (κ1) is 14.7. The van der Waals surface area contributed by atoms with Gasteiger partial charge in [0.05, 0.1) is 6.04 Å². The molecular weight excluding hydrogens is 244 g/mol. The molecule has 1 unspecified atom stereocenters. The van der Waals surface area contributed by atoms with Gasteiger partial charge >= 0.3 is 0 Å². The lowest BCUT2D eigenvalue weighted by Gasteiger charge is -2.22. The van der Waals surface area contributed by atoms with E-state index in [2.05, 4.69) is 62.3 Å². The Morgan fingerprint density at radius 1 is 1.10 bits per heavy atom. The van der Waals surface area contributed by atoms with Gasteiger partial charge in [-0.15, -0.1) is 0 Å². The van der Waals surface area contributed by atoms with E-state index in [1.54, 1.807) is 0 Å². The zero-order valence-electron chi connectivity index (χ0n) is 12.9. The minimum atomic E-state index is 0.224. The Hall–Kier alpha value is -1.67. The van der Waals surface area contributed by atoms with Gasteiger partial charge < -0.3 is 5.32 Å². The monoisotopic (exact) mass is 268 g/mol. The Morgan fingerprint density at radius 3 is 2.40 bits per heavy atom. The fourth-order valence-corrected chi connectivity index (χ4v) is 2.67. The van der Waals surface area contributed by atoms with Gasteiger partial charge in [0.15, 0.2) is 0 Å². The van der Waals surface area contributed by atoms with E-state index >= 15 is 0 Å². The van der Waals surface area contributed by atoms with Gasteiger partial charge in [0, 0.05) is 11.9 Å². The van der Waals surface area contributed by atoms with Crippen molar-refractivity contribution in [3.63, 3.8) is 0 Å². The maximum absolute atomic E-state index is 4.44. The third kappa shape index (κ3) is 3.45. The summed E-state index contributed by atoms with van der Waals surface area (Å²) in [4.78, 5) is 4.44. The summed E-state index contributed by atoms with van der Waals surface area (Å²) in [5.74, 6) is 0. The van der Waals surface area contributed by atoms with Crippen LogP contribution in [-0.2, 0) is 0 Å². The van der Waals surface area contributed by atoms with E-state index in [9.17, 15) is 0 Å². The number of nitrogens with one attached hydrogen (secondary N) is 1. The van der Waals surface area contributed by atoms with Gasteiger partial charge in [-0.25, -0.2) is 0 Å². The van der Waals surface area contributed by atoms with Gasteiger partial charge in [-0.2, -0.15) is 0 Å². The Morgan fingerprint density at radius 2 is 1.80 bits per heavy atom. The Kier molecular flexibility index (Phi) is 4.91. The highest BCUT2D eigenvalue weighted by Crippen LogP contribution is 2.25. The van der Waals surface area contributed by atoms with Crippen molar-refractivity contribution in [2.45, 2.75) is 40.2 Å². The quantitative estimate of drug-likeness (QED) is 0.883. The van der Waals surface area contributed by atoms with E-state index in [4.69, 9.17) is 0 Å². The maximum atomic E-state index is 4.44. The normalized spacial score (nSPS) is 12.4. The molecule has 106 valence electrons. The van der Waals surface area contributed by atoms with Crippen LogP contribution in [0.2, 0.25) is 0 Å². The van der Waals surface area contributed by atoms with Crippen molar-refractivity contribution in [1.82, 2.24) is 10.3 Å². The fourth-order valence-electron chi connectivity index (χ4n) is 2.67. The van der Waals surface area contributed by atoms with Crippen molar-refractivity contribution in [3.8, 4) is 0 Å². The van der Waals surface area contributed by atoms with Crippen molar-refractivity contribution >= 4 is 0 Å². The van der Waals surface area contributed by atoms with Crippen LogP contribution < -0.4 is 5.32 Å². The van der Waals surface area contributed by atoms with Crippen molar-refractivity contribution in [3.05, 3.63) is 64.5 Å². The zero-order valence-corrected chi connectivity index (χ0v) is 12.9. The molecule has 2 aromatic rings. The number of hydrogen-bond donors (Lipinski definition) is 1. The van der Waals surface area contributed by atoms with Gasteiger partial charge in [-0.1, -0.05) is 42.3 Å². The van der Waals surface area contributed by atoms with Crippen LogP contribution in [0.3, 0.4) is 0 Å². The molecule has 0 saturated heterocycles. The first-order chi connectivity index (χ1) is 9.61. The van der Waals surface area contributed by atoms with Crippen molar-refractivity contribution in [2.75, 3.05) is 6.54 Å². The number of rotatable bonds is 5. The van der Waals surface area contributed by atoms with Crippen LogP contribution in [-0.4, -0.2) is 11.5 Å². The molecule has 0 bridgehead atoms. The Bertz CT molecular complexity index is 555. The smallest absolute Gasteiger partial charge is 0.0594 e. The van der Waals surface area contributed by atoms with Gasteiger partial charge in [-0.3, -0.25) is 4.98 Å². The van der Waals surface area contributed by atoms with Crippen LogP contribution >= 0.6 is 0 Å². The second-order valence-corrected chi connectivity index (χ2v) is 5.49. The molecule has 0 fully saturated rings. The maximum Gasteiger partial charge on any atom is 0.0594 e. The molecule has 0 aliphatic rings. The second-order valence-electron chi connectivity index (χ2n) is 5.49. The molecule has 1 N–H and O–H groups in total. The fraction of sp³-hybridized carbons (Fsp3) is 0.389. The average Bonchev–Trinajstić information content (AvgIpc) is 2.40. The van der Waals surface area contributed by atoms with E-state index in [1.165, 1.54) is 22.3 Å². The van der Waals surface area contributed by atoms with E-state index in [-0.39, 0.29) is 6.04 Å². The highest BCUT2D eigenvalue weighted by Gasteiger charge is 2.16. The molecule has 0 amide bonds. The number of hydrogen-bond acceptors (Lipinski definition) is 2. The van der Waals surface area contributed by atoms with Crippen molar-refractivity contribution in [2.24, 2.45) is 0 Å². The predicted molar refractivity (Wildman–Crippen MR) is 85.0 cm³/mol. The topological polar surface area (TPSA) is 24.9 Å². The largest absolute Gasteiger partial charge is 0.306 e. The standard InChI is InChI=1S/C18H24N2/c1-5-8-20-18(17-7-6-9-19-15(17)4)16-11-13(2)10-14(3)12-16/h6-7,9-12,18,20H,5,8H2,1-4H3. The second kappa shape index (κ2) is 6.67. The molecule has 1 heterocycles. The minimum Gasteiger partial charge on any atom is -0.306 e. The summed E-state index contributed by atoms with van der Waals surface area (Å²) in [7, 11) is 0. The molecule has 20 heavy (non-hydrogen) atoms. The summed E-state index contributed by atoms with van der Waals surface area (Å²) in [6, 6.07) is 11.2. The van der Waals surface area contributed by atoms with Gasteiger partial charge in [0.25, 0.3) is 0 Å². The number of aromatic nitrogens is 1. The highest BCUT2D eigenvalue weighted by molar-refractivity contribution is 5.38. The third-order valence-corrected chi connectivity index (χ3v) is 3.53. The molecule has 0 spiro atoms. The average molecular weight is 268 g/mol. The lowest BCUT2D eigenvalue weighted by molar-refractivity contribution is 0.593. The molecule has 2 nitrogen and oxygen atoms in total. The van der Waals surface area contributed by atoms with Gasteiger partial charge in [0.2, 0.25) is 0 Å². The number of benzene rings is 1. The van der Waals surface area contributed by atoms with Crippen molar-refractivity contribution < 1.29 is 0 Å². The summed E-state index contributed by atoms with van der Waals surface area (Å²) in [5.41, 5.74) is 6.31. The van der Waals surface area contributed by atoms with E-state index in [0.29, 0.717) is 0 Å².